The summed E-state index contributed by atoms with van der Waals surface area (Å²) >= 11 is 0. The summed E-state index contributed by atoms with van der Waals surface area (Å²) in [6.45, 7) is 2.39. The Hall–Kier alpha value is -1.11. The van der Waals surface area contributed by atoms with E-state index in [1.807, 2.05) is 6.92 Å². The minimum Gasteiger partial charge on any atom is -0.497 e. The molecule has 18 heavy (non-hydrogen) atoms. The Morgan fingerprint density at radius 1 is 1.33 bits per heavy atom. The van der Waals surface area contributed by atoms with Crippen molar-refractivity contribution in [2.45, 2.75) is 30.7 Å². The number of ether oxygens (including phenoxy) is 1. The third-order valence-corrected chi connectivity index (χ3v) is 4.17. The molecule has 0 amide bonds. The second-order valence-corrected chi connectivity index (χ2v) is 5.84. The first-order valence-electron chi connectivity index (χ1n) is 5.86. The summed E-state index contributed by atoms with van der Waals surface area (Å²) in [7, 11) is -1.92. The van der Waals surface area contributed by atoms with Crippen LogP contribution in [0.15, 0.2) is 29.2 Å². The third-order valence-electron chi connectivity index (χ3n) is 2.57. The lowest BCUT2D eigenvalue weighted by molar-refractivity contribution is 0.414. The van der Waals surface area contributed by atoms with E-state index in [1.54, 1.807) is 12.1 Å². The van der Waals surface area contributed by atoms with Crippen LogP contribution in [-0.4, -0.2) is 28.1 Å². The molecule has 0 heterocycles. The second kappa shape index (κ2) is 6.72. The molecule has 0 saturated heterocycles. The van der Waals surface area contributed by atoms with Gasteiger partial charge in [-0.15, -0.1) is 0 Å². The second-order valence-electron chi connectivity index (χ2n) is 4.13. The molecule has 0 radical (unpaired) electrons. The maximum Gasteiger partial charge on any atom is 0.240 e. The van der Waals surface area contributed by atoms with Gasteiger partial charge in [0.25, 0.3) is 0 Å². The number of benzene rings is 1. The molecule has 0 bridgehead atoms. The smallest absolute Gasteiger partial charge is 0.240 e. The minimum atomic E-state index is -3.46. The molecule has 1 unspecified atom stereocenters. The van der Waals surface area contributed by atoms with Gasteiger partial charge in [0, 0.05) is 6.04 Å². The molecule has 3 N–H and O–H groups in total. The molecule has 1 aromatic rings. The van der Waals surface area contributed by atoms with E-state index in [2.05, 4.69) is 4.72 Å². The molecule has 0 aliphatic carbocycles. The van der Waals surface area contributed by atoms with Gasteiger partial charge in [-0.25, -0.2) is 13.1 Å². The van der Waals surface area contributed by atoms with Crippen molar-refractivity contribution >= 4 is 10.0 Å². The van der Waals surface area contributed by atoms with Gasteiger partial charge >= 0.3 is 0 Å². The number of nitrogens with two attached hydrogens (primary N) is 1. The highest BCUT2D eigenvalue weighted by atomic mass is 32.2. The summed E-state index contributed by atoms with van der Waals surface area (Å²) in [6, 6.07) is 6.17. The van der Waals surface area contributed by atoms with Gasteiger partial charge in [-0.3, -0.25) is 0 Å². The van der Waals surface area contributed by atoms with Crippen LogP contribution in [0.1, 0.15) is 19.8 Å². The van der Waals surface area contributed by atoms with Crippen molar-refractivity contribution in [2.24, 2.45) is 5.73 Å². The van der Waals surface area contributed by atoms with Crippen molar-refractivity contribution < 1.29 is 13.2 Å². The van der Waals surface area contributed by atoms with E-state index >= 15 is 0 Å². The zero-order chi connectivity index (χ0) is 13.6. The average molecular weight is 272 g/mol. The first-order chi connectivity index (χ1) is 8.49. The van der Waals surface area contributed by atoms with Crippen molar-refractivity contribution in [3.63, 3.8) is 0 Å². The van der Waals surface area contributed by atoms with Gasteiger partial charge in [-0.05, 0) is 50.6 Å². The lowest BCUT2D eigenvalue weighted by atomic mass is 10.2. The fourth-order valence-corrected chi connectivity index (χ4v) is 2.85. The molecular weight excluding hydrogens is 252 g/mol. The topological polar surface area (TPSA) is 81.4 Å². The van der Waals surface area contributed by atoms with Crippen molar-refractivity contribution in [2.75, 3.05) is 13.7 Å². The normalized spacial score (nSPS) is 13.3. The quantitative estimate of drug-likeness (QED) is 0.779. The summed E-state index contributed by atoms with van der Waals surface area (Å²) in [5, 5.41) is 0. The van der Waals surface area contributed by atoms with E-state index < -0.39 is 10.0 Å². The number of hydrogen-bond donors (Lipinski definition) is 2. The number of nitrogens with one attached hydrogen (secondary N) is 1. The van der Waals surface area contributed by atoms with Crippen molar-refractivity contribution in [1.82, 2.24) is 4.72 Å². The first-order valence-corrected chi connectivity index (χ1v) is 7.34. The lowest BCUT2D eigenvalue weighted by Crippen LogP contribution is -2.32. The molecule has 0 spiro atoms. The predicted molar refractivity (Wildman–Crippen MR) is 71.1 cm³/mol. The predicted octanol–water partition coefficient (Wildman–Crippen LogP) is 1.10. The fourth-order valence-electron chi connectivity index (χ4n) is 1.57. The van der Waals surface area contributed by atoms with E-state index in [9.17, 15) is 8.42 Å². The summed E-state index contributed by atoms with van der Waals surface area (Å²) in [5.41, 5.74) is 5.39. The lowest BCUT2D eigenvalue weighted by Gasteiger charge is -2.13. The third kappa shape index (κ3) is 4.29. The molecule has 0 aliphatic rings. The van der Waals surface area contributed by atoms with Crippen LogP contribution >= 0.6 is 0 Å². The molecule has 1 aromatic carbocycles. The fraction of sp³-hybridized carbons (Fsp3) is 0.500. The molecule has 102 valence electrons. The molecular formula is C12H20N2O3S. The molecule has 6 heteroatoms. The van der Waals surface area contributed by atoms with Crippen LogP contribution in [0.4, 0.5) is 0 Å². The Balaban J connectivity index is 2.73. The SMILES string of the molecule is COc1ccc(S(=O)(=O)NC(C)CCCN)cc1. The zero-order valence-corrected chi connectivity index (χ0v) is 11.5. The molecule has 0 saturated carbocycles. The van der Waals surface area contributed by atoms with Crippen LogP contribution < -0.4 is 15.2 Å². The Morgan fingerprint density at radius 2 is 1.94 bits per heavy atom. The molecule has 0 aliphatic heterocycles. The van der Waals surface area contributed by atoms with Gasteiger partial charge in [0.05, 0.1) is 12.0 Å². The number of sulfonamides is 1. The zero-order valence-electron chi connectivity index (χ0n) is 10.7. The van der Waals surface area contributed by atoms with E-state index in [-0.39, 0.29) is 10.9 Å². The number of methoxy groups -OCH3 is 1. The van der Waals surface area contributed by atoms with Gasteiger partial charge in [-0.2, -0.15) is 0 Å². The Bertz CT molecular complexity index is 457. The van der Waals surface area contributed by atoms with Gasteiger partial charge < -0.3 is 10.5 Å². The van der Waals surface area contributed by atoms with Crippen LogP contribution in [0.2, 0.25) is 0 Å². The van der Waals surface area contributed by atoms with Gasteiger partial charge in [0.2, 0.25) is 10.0 Å². The van der Waals surface area contributed by atoms with Crippen molar-refractivity contribution in [3.05, 3.63) is 24.3 Å². The molecule has 0 aromatic heterocycles. The van der Waals surface area contributed by atoms with Crippen molar-refractivity contribution in [1.29, 1.82) is 0 Å². The van der Waals surface area contributed by atoms with Crippen LogP contribution in [0, 0.1) is 0 Å². The highest BCUT2D eigenvalue weighted by Crippen LogP contribution is 2.15. The summed E-state index contributed by atoms with van der Waals surface area (Å²) in [6.07, 6.45) is 1.53. The van der Waals surface area contributed by atoms with Crippen LogP contribution in [0.25, 0.3) is 0 Å². The Morgan fingerprint density at radius 3 is 2.44 bits per heavy atom. The van der Waals surface area contributed by atoms with Gasteiger partial charge in [0.1, 0.15) is 5.75 Å². The first kappa shape index (κ1) is 14.9. The summed E-state index contributed by atoms with van der Waals surface area (Å²) in [4.78, 5) is 0.239. The van der Waals surface area contributed by atoms with Crippen molar-refractivity contribution in [3.8, 4) is 5.75 Å². The molecule has 0 fully saturated rings. The number of hydrogen-bond acceptors (Lipinski definition) is 4. The van der Waals surface area contributed by atoms with Gasteiger partial charge in [0.15, 0.2) is 0 Å². The van der Waals surface area contributed by atoms with Crippen LogP contribution in [0.3, 0.4) is 0 Å². The Kier molecular flexibility index (Phi) is 5.58. The van der Waals surface area contributed by atoms with E-state index in [0.29, 0.717) is 12.3 Å². The number of rotatable bonds is 7. The maximum atomic E-state index is 12.0. The largest absolute Gasteiger partial charge is 0.497 e. The van der Waals surface area contributed by atoms with E-state index in [4.69, 9.17) is 10.5 Å². The minimum absolute atomic E-state index is 0.124. The van der Waals surface area contributed by atoms with Crippen LogP contribution in [0.5, 0.6) is 5.75 Å². The highest BCUT2D eigenvalue weighted by molar-refractivity contribution is 7.89. The highest BCUT2D eigenvalue weighted by Gasteiger charge is 2.16. The standard InChI is InChI=1S/C12H20N2O3S/c1-10(4-3-9-13)14-18(15,16)12-7-5-11(17-2)6-8-12/h5-8,10,14H,3-4,9,13H2,1-2H3. The van der Waals surface area contributed by atoms with Gasteiger partial charge in [-0.1, -0.05) is 0 Å². The van der Waals surface area contributed by atoms with E-state index in [1.165, 1.54) is 19.2 Å². The monoisotopic (exact) mass is 272 g/mol. The molecule has 5 nitrogen and oxygen atoms in total. The molecule has 1 atom stereocenters. The maximum absolute atomic E-state index is 12.0. The Labute approximate surface area is 108 Å². The summed E-state index contributed by atoms with van der Waals surface area (Å²) < 4.78 is 31.7. The van der Waals surface area contributed by atoms with Crippen LogP contribution in [-0.2, 0) is 10.0 Å². The summed E-state index contributed by atoms with van der Waals surface area (Å²) in [5.74, 6) is 0.630. The average Bonchev–Trinajstić information content (AvgIpc) is 2.36. The molecule has 1 rings (SSSR count). The van der Waals surface area contributed by atoms with E-state index in [0.717, 1.165) is 12.8 Å².